The molecule has 2 nitrogen and oxygen atoms in total. The summed E-state index contributed by atoms with van der Waals surface area (Å²) in [6, 6.07) is 13.6. The standard InChI is InChI=1S/C16H17ClFNO/c1-19(15-7-3-6-14(18)11-15)9-8-16(20)12-4-2-5-13(17)10-12/h2-7,10-11,16,20H,8-9H2,1H3. The molecule has 0 aromatic heterocycles. The van der Waals surface area contributed by atoms with E-state index in [1.54, 1.807) is 18.2 Å². The Bertz CT molecular complexity index is 524. The van der Waals surface area contributed by atoms with E-state index >= 15 is 0 Å². The van der Waals surface area contributed by atoms with Gasteiger partial charge in [-0.05, 0) is 42.3 Å². The van der Waals surface area contributed by atoms with Crippen LogP contribution >= 0.6 is 11.6 Å². The zero-order valence-electron chi connectivity index (χ0n) is 11.3. The second-order valence-electron chi connectivity index (χ2n) is 4.76. The molecule has 0 aliphatic heterocycles. The fourth-order valence-electron chi connectivity index (χ4n) is 2.04. The summed E-state index contributed by atoms with van der Waals surface area (Å²) in [5.41, 5.74) is 1.59. The first-order chi connectivity index (χ1) is 9.56. The van der Waals surface area contributed by atoms with Crippen LogP contribution in [0.2, 0.25) is 5.02 Å². The summed E-state index contributed by atoms with van der Waals surface area (Å²) >= 11 is 5.90. The fraction of sp³-hybridized carbons (Fsp3) is 0.250. The molecule has 2 aromatic rings. The summed E-state index contributed by atoms with van der Waals surface area (Å²) in [7, 11) is 1.87. The van der Waals surface area contributed by atoms with Gasteiger partial charge in [-0.3, -0.25) is 0 Å². The minimum atomic E-state index is -0.579. The summed E-state index contributed by atoms with van der Waals surface area (Å²) in [6.45, 7) is 0.622. The summed E-state index contributed by atoms with van der Waals surface area (Å²) in [6.07, 6.45) is -0.0300. The van der Waals surface area contributed by atoms with E-state index in [4.69, 9.17) is 11.6 Å². The molecule has 0 aliphatic carbocycles. The first-order valence-electron chi connectivity index (χ1n) is 6.46. The number of rotatable bonds is 5. The van der Waals surface area contributed by atoms with Crippen molar-refractivity contribution in [2.45, 2.75) is 12.5 Å². The van der Waals surface area contributed by atoms with E-state index in [2.05, 4.69) is 0 Å². The molecule has 0 aliphatic rings. The topological polar surface area (TPSA) is 23.5 Å². The summed E-state index contributed by atoms with van der Waals surface area (Å²) in [4.78, 5) is 1.91. The lowest BCUT2D eigenvalue weighted by atomic mass is 10.1. The molecule has 106 valence electrons. The Labute approximate surface area is 123 Å². The minimum Gasteiger partial charge on any atom is -0.388 e. The molecule has 1 atom stereocenters. The van der Waals surface area contributed by atoms with Crippen LogP contribution < -0.4 is 4.90 Å². The van der Waals surface area contributed by atoms with E-state index in [1.165, 1.54) is 12.1 Å². The number of aliphatic hydroxyl groups excluding tert-OH is 1. The van der Waals surface area contributed by atoms with E-state index in [9.17, 15) is 9.50 Å². The Morgan fingerprint density at radius 1 is 1.20 bits per heavy atom. The maximum Gasteiger partial charge on any atom is 0.125 e. The Morgan fingerprint density at radius 2 is 1.95 bits per heavy atom. The number of benzene rings is 2. The number of anilines is 1. The van der Waals surface area contributed by atoms with Crippen LogP contribution in [-0.2, 0) is 0 Å². The molecule has 2 rings (SSSR count). The predicted octanol–water partition coefficient (Wildman–Crippen LogP) is 4.04. The highest BCUT2D eigenvalue weighted by Gasteiger charge is 2.10. The monoisotopic (exact) mass is 293 g/mol. The fourth-order valence-corrected chi connectivity index (χ4v) is 2.24. The van der Waals surface area contributed by atoms with Crippen LogP contribution in [0.3, 0.4) is 0 Å². The molecule has 0 bridgehead atoms. The maximum atomic E-state index is 13.1. The van der Waals surface area contributed by atoms with Gasteiger partial charge in [-0.2, -0.15) is 0 Å². The molecule has 0 radical (unpaired) electrons. The van der Waals surface area contributed by atoms with E-state index in [0.29, 0.717) is 18.0 Å². The molecule has 0 saturated heterocycles. The highest BCUT2D eigenvalue weighted by Crippen LogP contribution is 2.22. The van der Waals surface area contributed by atoms with Gasteiger partial charge in [-0.15, -0.1) is 0 Å². The third-order valence-electron chi connectivity index (χ3n) is 3.22. The van der Waals surface area contributed by atoms with Crippen LogP contribution in [0.1, 0.15) is 18.1 Å². The molecule has 1 unspecified atom stereocenters. The summed E-state index contributed by atoms with van der Waals surface area (Å²) < 4.78 is 13.1. The zero-order chi connectivity index (χ0) is 14.5. The summed E-state index contributed by atoms with van der Waals surface area (Å²) in [5, 5.41) is 10.7. The van der Waals surface area contributed by atoms with E-state index in [0.717, 1.165) is 11.3 Å². The SMILES string of the molecule is CN(CCC(O)c1cccc(Cl)c1)c1cccc(F)c1. The van der Waals surface area contributed by atoms with Gasteiger partial charge in [-0.1, -0.05) is 29.8 Å². The van der Waals surface area contributed by atoms with Crippen molar-refractivity contribution < 1.29 is 9.50 Å². The van der Waals surface area contributed by atoms with Gasteiger partial charge < -0.3 is 10.0 Å². The smallest absolute Gasteiger partial charge is 0.125 e. The number of aliphatic hydroxyl groups is 1. The average molecular weight is 294 g/mol. The van der Waals surface area contributed by atoms with Crippen molar-refractivity contribution in [1.82, 2.24) is 0 Å². The van der Waals surface area contributed by atoms with Crippen LogP contribution in [-0.4, -0.2) is 18.7 Å². The van der Waals surface area contributed by atoms with Crippen molar-refractivity contribution in [3.05, 3.63) is 64.9 Å². The van der Waals surface area contributed by atoms with Crippen molar-refractivity contribution >= 4 is 17.3 Å². The lowest BCUT2D eigenvalue weighted by Gasteiger charge is -2.21. The lowest BCUT2D eigenvalue weighted by molar-refractivity contribution is 0.170. The molecular formula is C16H17ClFNO. The average Bonchev–Trinajstić information content (AvgIpc) is 2.44. The zero-order valence-corrected chi connectivity index (χ0v) is 12.0. The van der Waals surface area contributed by atoms with Gasteiger partial charge in [0.1, 0.15) is 5.82 Å². The molecule has 0 saturated carbocycles. The summed E-state index contributed by atoms with van der Waals surface area (Å²) in [5.74, 6) is -0.260. The Morgan fingerprint density at radius 3 is 2.65 bits per heavy atom. The minimum absolute atomic E-state index is 0.260. The number of hydrogen-bond donors (Lipinski definition) is 1. The van der Waals surface area contributed by atoms with Gasteiger partial charge in [0.25, 0.3) is 0 Å². The van der Waals surface area contributed by atoms with Gasteiger partial charge in [0, 0.05) is 24.3 Å². The largest absolute Gasteiger partial charge is 0.388 e. The first-order valence-corrected chi connectivity index (χ1v) is 6.84. The van der Waals surface area contributed by atoms with Gasteiger partial charge >= 0.3 is 0 Å². The maximum absolute atomic E-state index is 13.1. The van der Waals surface area contributed by atoms with E-state index < -0.39 is 6.10 Å². The second kappa shape index (κ2) is 6.73. The predicted molar refractivity (Wildman–Crippen MR) is 80.7 cm³/mol. The molecule has 1 N–H and O–H groups in total. The molecule has 2 aromatic carbocycles. The molecule has 0 fully saturated rings. The van der Waals surface area contributed by atoms with Crippen molar-refractivity contribution in [3.63, 3.8) is 0 Å². The molecule has 0 amide bonds. The number of hydrogen-bond acceptors (Lipinski definition) is 2. The van der Waals surface area contributed by atoms with Crippen molar-refractivity contribution in [2.75, 3.05) is 18.5 Å². The lowest BCUT2D eigenvalue weighted by Crippen LogP contribution is -2.20. The molecule has 20 heavy (non-hydrogen) atoms. The highest BCUT2D eigenvalue weighted by molar-refractivity contribution is 6.30. The third-order valence-corrected chi connectivity index (χ3v) is 3.46. The number of halogens is 2. The van der Waals surface area contributed by atoms with Gasteiger partial charge in [0.05, 0.1) is 6.10 Å². The highest BCUT2D eigenvalue weighted by atomic mass is 35.5. The van der Waals surface area contributed by atoms with E-state index in [1.807, 2.05) is 30.1 Å². The Balaban J connectivity index is 1.94. The van der Waals surface area contributed by atoms with Gasteiger partial charge in [-0.25, -0.2) is 4.39 Å². The Kier molecular flexibility index (Phi) is 4.99. The molecule has 0 heterocycles. The normalized spacial score (nSPS) is 12.2. The van der Waals surface area contributed by atoms with Crippen LogP contribution in [0.15, 0.2) is 48.5 Å². The van der Waals surface area contributed by atoms with Gasteiger partial charge in [0.2, 0.25) is 0 Å². The Hall–Kier alpha value is -1.58. The molecule has 4 heteroatoms. The van der Waals surface area contributed by atoms with Crippen LogP contribution in [0.5, 0.6) is 0 Å². The first kappa shape index (κ1) is 14.8. The third kappa shape index (κ3) is 3.95. The number of nitrogens with zero attached hydrogens (tertiary/aromatic N) is 1. The van der Waals surface area contributed by atoms with Crippen LogP contribution in [0, 0.1) is 5.82 Å². The second-order valence-corrected chi connectivity index (χ2v) is 5.20. The van der Waals surface area contributed by atoms with Gasteiger partial charge in [0.15, 0.2) is 0 Å². The van der Waals surface area contributed by atoms with Crippen molar-refractivity contribution in [2.24, 2.45) is 0 Å². The molecule has 0 spiro atoms. The van der Waals surface area contributed by atoms with Crippen LogP contribution in [0.4, 0.5) is 10.1 Å². The van der Waals surface area contributed by atoms with Crippen molar-refractivity contribution in [1.29, 1.82) is 0 Å². The van der Waals surface area contributed by atoms with Crippen molar-refractivity contribution in [3.8, 4) is 0 Å². The van der Waals surface area contributed by atoms with Crippen LogP contribution in [0.25, 0.3) is 0 Å². The quantitative estimate of drug-likeness (QED) is 0.899. The molecular weight excluding hydrogens is 277 g/mol. The van der Waals surface area contributed by atoms with E-state index in [-0.39, 0.29) is 5.82 Å².